The number of ether oxygens (including phenoxy) is 1. The van der Waals surface area contributed by atoms with E-state index in [1.165, 1.54) is 44.1 Å². The van der Waals surface area contributed by atoms with Gasteiger partial charge in [0.15, 0.2) is 6.10 Å². The summed E-state index contributed by atoms with van der Waals surface area (Å²) in [7, 11) is 0. The number of nitrogens with one attached hydrogen (secondary N) is 1. The molecule has 4 fully saturated rings. The molecule has 1 atom stereocenters. The third-order valence-corrected chi connectivity index (χ3v) is 8.27. The van der Waals surface area contributed by atoms with E-state index < -0.39 is 6.10 Å². The van der Waals surface area contributed by atoms with Gasteiger partial charge in [-0.15, -0.1) is 0 Å². The first-order chi connectivity index (χ1) is 15.3. The van der Waals surface area contributed by atoms with E-state index in [0.29, 0.717) is 11.3 Å². The Labute approximate surface area is 192 Å². The van der Waals surface area contributed by atoms with Crippen LogP contribution in [0.5, 0.6) is 5.75 Å². The van der Waals surface area contributed by atoms with E-state index in [1.807, 2.05) is 19.9 Å². The molecule has 4 bridgehead atoms. The second-order valence-corrected chi connectivity index (χ2v) is 11.2. The second kappa shape index (κ2) is 8.24. The van der Waals surface area contributed by atoms with Crippen LogP contribution in [0.1, 0.15) is 81.9 Å². The number of hydrogen-bond donors (Lipinski definition) is 1. The Morgan fingerprint density at radius 1 is 0.938 bits per heavy atom. The van der Waals surface area contributed by atoms with Crippen molar-refractivity contribution in [1.82, 2.24) is 0 Å². The van der Waals surface area contributed by atoms with Gasteiger partial charge in [-0.1, -0.05) is 38.1 Å². The lowest BCUT2D eigenvalue weighted by atomic mass is 9.48. The molecule has 4 aliphatic carbocycles. The van der Waals surface area contributed by atoms with E-state index in [4.69, 9.17) is 4.74 Å². The third-order valence-electron chi connectivity index (χ3n) is 8.27. The summed E-state index contributed by atoms with van der Waals surface area (Å²) in [5.74, 6) is 3.87. The lowest BCUT2D eigenvalue weighted by Crippen LogP contribution is -2.48. The van der Waals surface area contributed by atoms with Gasteiger partial charge in [0, 0.05) is 5.69 Å². The Morgan fingerprint density at radius 2 is 1.53 bits per heavy atom. The molecule has 2 aromatic carbocycles. The highest BCUT2D eigenvalue weighted by Crippen LogP contribution is 2.60. The van der Waals surface area contributed by atoms with Crippen LogP contribution in [0.2, 0.25) is 0 Å². The van der Waals surface area contributed by atoms with Gasteiger partial charge in [-0.05, 0) is 116 Å². The lowest BCUT2D eigenvalue weighted by Gasteiger charge is -2.57. The Hall–Kier alpha value is -2.29. The zero-order chi connectivity index (χ0) is 22.5. The highest BCUT2D eigenvalue weighted by Gasteiger charge is 2.51. The van der Waals surface area contributed by atoms with Gasteiger partial charge in [-0.2, -0.15) is 0 Å². The molecule has 4 saturated carbocycles. The van der Waals surface area contributed by atoms with Gasteiger partial charge in [0.05, 0.1) is 0 Å². The van der Waals surface area contributed by atoms with E-state index >= 15 is 0 Å². The van der Waals surface area contributed by atoms with Crippen LogP contribution < -0.4 is 10.1 Å². The van der Waals surface area contributed by atoms with E-state index in [0.717, 1.165) is 40.3 Å². The van der Waals surface area contributed by atoms with Crippen molar-refractivity contribution < 1.29 is 9.53 Å². The molecule has 3 heteroatoms. The average Bonchev–Trinajstić information content (AvgIpc) is 2.73. The molecular weight excluding hydrogens is 394 g/mol. The second-order valence-electron chi connectivity index (χ2n) is 11.2. The molecule has 0 radical (unpaired) electrons. The maximum absolute atomic E-state index is 12.9. The monoisotopic (exact) mass is 431 g/mol. The lowest BCUT2D eigenvalue weighted by molar-refractivity contribution is -0.122. The number of amides is 1. The van der Waals surface area contributed by atoms with Crippen LogP contribution in [0, 0.1) is 24.7 Å². The van der Waals surface area contributed by atoms with Crippen molar-refractivity contribution in [2.45, 2.75) is 83.7 Å². The Balaban J connectivity index is 1.25. The zero-order valence-electron chi connectivity index (χ0n) is 20.0. The van der Waals surface area contributed by atoms with Crippen LogP contribution in [0.3, 0.4) is 0 Å². The smallest absolute Gasteiger partial charge is 0.265 e. The van der Waals surface area contributed by atoms with Gasteiger partial charge >= 0.3 is 0 Å². The predicted octanol–water partition coefficient (Wildman–Crippen LogP) is 6.99. The molecule has 2 aromatic rings. The number of benzene rings is 2. The average molecular weight is 432 g/mol. The minimum absolute atomic E-state index is 0.108. The van der Waals surface area contributed by atoms with Crippen LogP contribution in [-0.4, -0.2) is 12.0 Å². The molecule has 0 heterocycles. The molecule has 0 aliphatic heterocycles. The molecule has 1 N–H and O–H groups in total. The number of anilines is 1. The van der Waals surface area contributed by atoms with Crippen LogP contribution in [-0.2, 0) is 10.2 Å². The first-order valence-corrected chi connectivity index (χ1v) is 12.5. The fraction of sp³-hybridized carbons (Fsp3) is 0.552. The molecule has 0 unspecified atom stereocenters. The number of carbonyl (C=O) groups excluding carboxylic acids is 1. The SMILES string of the molecule is Cc1ccc(C(C)C)c(O[C@@H](C)C(=O)Nc2ccc(C34CC5CC(CC(C5)C3)C4)cc2)c1. The van der Waals surface area contributed by atoms with Gasteiger partial charge in [0.1, 0.15) is 5.75 Å². The van der Waals surface area contributed by atoms with Crippen LogP contribution in [0.25, 0.3) is 0 Å². The van der Waals surface area contributed by atoms with E-state index in [2.05, 4.69) is 55.6 Å². The molecule has 170 valence electrons. The van der Waals surface area contributed by atoms with Gasteiger partial charge in [0.2, 0.25) is 0 Å². The summed E-state index contributed by atoms with van der Waals surface area (Å²) in [4.78, 5) is 12.9. The van der Waals surface area contributed by atoms with Crippen molar-refractivity contribution in [3.05, 3.63) is 59.2 Å². The Kier molecular flexibility index (Phi) is 5.55. The van der Waals surface area contributed by atoms with Crippen molar-refractivity contribution in [2.75, 3.05) is 5.32 Å². The summed E-state index contributed by atoms with van der Waals surface area (Å²) < 4.78 is 6.10. The fourth-order valence-corrected chi connectivity index (χ4v) is 7.08. The maximum Gasteiger partial charge on any atom is 0.265 e. The molecule has 0 spiro atoms. The summed E-state index contributed by atoms with van der Waals surface area (Å²) in [6.45, 7) is 8.17. The fourth-order valence-electron chi connectivity index (χ4n) is 7.08. The molecule has 3 nitrogen and oxygen atoms in total. The van der Waals surface area contributed by atoms with Gasteiger partial charge < -0.3 is 10.1 Å². The van der Waals surface area contributed by atoms with E-state index in [-0.39, 0.29) is 5.91 Å². The highest BCUT2D eigenvalue weighted by atomic mass is 16.5. The van der Waals surface area contributed by atoms with E-state index in [1.54, 1.807) is 0 Å². The van der Waals surface area contributed by atoms with Crippen LogP contribution in [0.4, 0.5) is 5.69 Å². The van der Waals surface area contributed by atoms with Crippen molar-refractivity contribution >= 4 is 11.6 Å². The molecule has 0 saturated heterocycles. The summed E-state index contributed by atoms with van der Waals surface area (Å²) in [6, 6.07) is 14.9. The molecule has 1 amide bonds. The van der Waals surface area contributed by atoms with Gasteiger partial charge in [-0.3, -0.25) is 4.79 Å². The minimum atomic E-state index is -0.558. The number of carbonyl (C=O) groups is 1. The van der Waals surface area contributed by atoms with Crippen LogP contribution >= 0.6 is 0 Å². The molecule has 4 aliphatic rings. The van der Waals surface area contributed by atoms with E-state index in [9.17, 15) is 4.79 Å². The molecule has 6 rings (SSSR count). The van der Waals surface area contributed by atoms with Crippen LogP contribution in [0.15, 0.2) is 42.5 Å². The largest absolute Gasteiger partial charge is 0.481 e. The topological polar surface area (TPSA) is 38.3 Å². The van der Waals surface area contributed by atoms with Gasteiger partial charge in [-0.25, -0.2) is 0 Å². The molecule has 32 heavy (non-hydrogen) atoms. The Morgan fingerprint density at radius 3 is 2.09 bits per heavy atom. The van der Waals surface area contributed by atoms with Crippen molar-refractivity contribution in [1.29, 1.82) is 0 Å². The maximum atomic E-state index is 12.9. The summed E-state index contributed by atoms with van der Waals surface area (Å²) in [5.41, 5.74) is 5.01. The van der Waals surface area contributed by atoms with Crippen molar-refractivity contribution in [2.24, 2.45) is 17.8 Å². The predicted molar refractivity (Wildman–Crippen MR) is 130 cm³/mol. The summed E-state index contributed by atoms with van der Waals surface area (Å²) >= 11 is 0. The number of aryl methyl sites for hydroxylation is 1. The van der Waals surface area contributed by atoms with Gasteiger partial charge in [0.25, 0.3) is 5.91 Å². The standard InChI is InChI=1S/C29H37NO2/c1-18(2)26-10-5-19(3)11-27(26)32-20(4)28(31)30-25-8-6-24(7-9-25)29-15-21-12-22(16-29)14-23(13-21)17-29/h5-11,18,20-23H,12-17H2,1-4H3,(H,30,31)/t20-,21?,22?,23?,29?/m0/s1. The number of rotatable bonds is 6. The molecular formula is C29H37NO2. The zero-order valence-corrected chi connectivity index (χ0v) is 20.0. The van der Waals surface area contributed by atoms with Crippen molar-refractivity contribution in [3.8, 4) is 5.75 Å². The summed E-state index contributed by atoms with van der Waals surface area (Å²) in [5, 5.41) is 3.06. The van der Waals surface area contributed by atoms with Crippen molar-refractivity contribution in [3.63, 3.8) is 0 Å². The first-order valence-electron chi connectivity index (χ1n) is 12.5. The summed E-state index contributed by atoms with van der Waals surface area (Å²) in [6.07, 6.45) is 7.93. The molecule has 0 aromatic heterocycles. The minimum Gasteiger partial charge on any atom is -0.481 e. The highest BCUT2D eigenvalue weighted by molar-refractivity contribution is 5.94. The first kappa shape index (κ1) is 21.6. The Bertz CT molecular complexity index is 955. The quantitative estimate of drug-likeness (QED) is 0.535. The third kappa shape index (κ3) is 4.07. The normalized spacial score (nSPS) is 29.2. The number of hydrogen-bond acceptors (Lipinski definition) is 2.